The zero-order chi connectivity index (χ0) is 28.9. The topological polar surface area (TPSA) is 108 Å². The molecule has 0 aliphatic carbocycles. The van der Waals surface area contributed by atoms with E-state index in [0.717, 1.165) is 32.1 Å². The zero-order valence-electron chi connectivity index (χ0n) is 24.8. The lowest BCUT2D eigenvalue weighted by Crippen LogP contribution is -2.54. The first-order chi connectivity index (χ1) is 17.8. The van der Waals surface area contributed by atoms with Gasteiger partial charge in [-0.25, -0.2) is 4.79 Å². The quantitative estimate of drug-likeness (QED) is 0.237. The first-order valence-corrected chi connectivity index (χ1v) is 14.2. The summed E-state index contributed by atoms with van der Waals surface area (Å²) in [6.07, 6.45) is 5.12. The first-order valence-electron chi connectivity index (χ1n) is 14.2. The van der Waals surface area contributed by atoms with Crippen molar-refractivity contribution >= 4 is 17.9 Å². The summed E-state index contributed by atoms with van der Waals surface area (Å²) in [6, 6.07) is 4.60. The van der Waals surface area contributed by atoms with E-state index in [1.165, 1.54) is 12.1 Å². The summed E-state index contributed by atoms with van der Waals surface area (Å²) in [4.78, 5) is 42.2. The summed E-state index contributed by atoms with van der Waals surface area (Å²) in [5, 5.41) is 16.1. The zero-order valence-corrected chi connectivity index (χ0v) is 24.8. The minimum absolute atomic E-state index is 0.0194. The number of aromatic hydroxyl groups is 1. The predicted octanol–water partition coefficient (Wildman–Crippen LogP) is 6.09. The third-order valence-corrected chi connectivity index (χ3v) is 6.09. The molecule has 8 heteroatoms. The molecule has 1 aromatic carbocycles. The average Bonchev–Trinajstić information content (AvgIpc) is 2.78. The minimum Gasteiger partial charge on any atom is -0.508 e. The van der Waals surface area contributed by atoms with E-state index in [4.69, 9.17) is 4.74 Å². The molecule has 0 heterocycles. The highest BCUT2D eigenvalue weighted by Gasteiger charge is 2.36. The molecule has 3 atom stereocenters. The number of hydrogen-bond donors (Lipinski definition) is 3. The van der Waals surface area contributed by atoms with Gasteiger partial charge < -0.3 is 25.4 Å². The number of unbranched alkanes of at least 4 members (excludes halogenated alkanes) is 3. The van der Waals surface area contributed by atoms with Crippen LogP contribution in [0.15, 0.2) is 24.3 Å². The molecular weight excluding hydrogens is 482 g/mol. The number of carbonyl (C=O) groups excluding carboxylic acids is 3. The second kappa shape index (κ2) is 16.2. The number of alkyl carbamates (subject to hydrolysis) is 1. The van der Waals surface area contributed by atoms with E-state index in [2.05, 4.69) is 24.5 Å². The Balaban J connectivity index is 3.49. The molecule has 38 heavy (non-hydrogen) atoms. The molecule has 0 saturated carbocycles. The largest absolute Gasteiger partial charge is 0.508 e. The summed E-state index contributed by atoms with van der Waals surface area (Å²) < 4.78 is 5.45. The van der Waals surface area contributed by atoms with Gasteiger partial charge >= 0.3 is 6.09 Å². The van der Waals surface area contributed by atoms with Gasteiger partial charge in [0, 0.05) is 12.6 Å². The van der Waals surface area contributed by atoms with Gasteiger partial charge in [0.2, 0.25) is 11.8 Å². The van der Waals surface area contributed by atoms with Gasteiger partial charge in [0.15, 0.2) is 0 Å². The number of nitrogens with one attached hydrogen (secondary N) is 2. The van der Waals surface area contributed by atoms with Gasteiger partial charge in [0.1, 0.15) is 23.4 Å². The Bertz CT molecular complexity index is 881. The van der Waals surface area contributed by atoms with Crippen LogP contribution in [0.5, 0.6) is 5.75 Å². The van der Waals surface area contributed by atoms with Gasteiger partial charge in [-0.3, -0.25) is 9.59 Å². The third kappa shape index (κ3) is 12.2. The Morgan fingerprint density at radius 1 is 1.00 bits per heavy atom. The molecule has 0 fully saturated rings. The lowest BCUT2D eigenvalue weighted by atomic mass is 9.98. The van der Waals surface area contributed by atoms with Gasteiger partial charge in [0.05, 0.1) is 0 Å². The smallest absolute Gasteiger partial charge is 0.408 e. The molecule has 0 saturated heterocycles. The number of ether oxygens (including phenoxy) is 1. The van der Waals surface area contributed by atoms with Crippen LogP contribution in [-0.4, -0.2) is 52.1 Å². The monoisotopic (exact) mass is 533 g/mol. The Kier molecular flexibility index (Phi) is 14.2. The number of carbonyl (C=O) groups is 3. The normalized spacial score (nSPS) is 13.9. The van der Waals surface area contributed by atoms with E-state index >= 15 is 0 Å². The fourth-order valence-electron chi connectivity index (χ4n) is 4.41. The van der Waals surface area contributed by atoms with Crippen molar-refractivity contribution in [3.05, 3.63) is 29.8 Å². The highest BCUT2D eigenvalue weighted by Crippen LogP contribution is 2.27. The predicted molar refractivity (Wildman–Crippen MR) is 152 cm³/mol. The molecule has 0 bridgehead atoms. The number of hydrogen-bond acceptors (Lipinski definition) is 5. The first kappa shape index (κ1) is 33.3. The van der Waals surface area contributed by atoms with Gasteiger partial charge in [-0.15, -0.1) is 0 Å². The number of phenols is 1. The molecule has 0 aliphatic rings. The van der Waals surface area contributed by atoms with E-state index in [0.29, 0.717) is 24.9 Å². The third-order valence-electron chi connectivity index (χ3n) is 6.09. The van der Waals surface area contributed by atoms with Gasteiger partial charge in [-0.05, 0) is 70.6 Å². The van der Waals surface area contributed by atoms with E-state index in [1.807, 2.05) is 20.8 Å². The highest BCUT2D eigenvalue weighted by molar-refractivity contribution is 5.92. The fourth-order valence-corrected chi connectivity index (χ4v) is 4.41. The van der Waals surface area contributed by atoms with Crippen LogP contribution in [0.25, 0.3) is 0 Å². The Hall–Kier alpha value is -2.77. The van der Waals surface area contributed by atoms with Crippen LogP contribution >= 0.6 is 0 Å². The SMILES string of the molecule is CCCCCCN(C(=O)C(CC(C)C)NC(=O)OC(C)(C)C)C(C(=O)NC(C)CCC)c1cccc(O)c1. The van der Waals surface area contributed by atoms with Crippen molar-refractivity contribution in [3.63, 3.8) is 0 Å². The number of phenolic OH excluding ortho intramolecular Hbond substituents is 1. The summed E-state index contributed by atoms with van der Waals surface area (Å²) in [7, 11) is 0. The van der Waals surface area contributed by atoms with Crippen LogP contribution in [0.1, 0.15) is 112 Å². The minimum atomic E-state index is -0.953. The van der Waals surface area contributed by atoms with Gasteiger partial charge in [0.25, 0.3) is 0 Å². The van der Waals surface area contributed by atoms with Crippen molar-refractivity contribution in [2.24, 2.45) is 5.92 Å². The molecule has 3 unspecified atom stereocenters. The second-order valence-electron chi connectivity index (χ2n) is 11.6. The number of amides is 3. The number of benzene rings is 1. The van der Waals surface area contributed by atoms with Crippen LogP contribution in [0.3, 0.4) is 0 Å². The van der Waals surface area contributed by atoms with Crippen molar-refractivity contribution in [2.75, 3.05) is 6.54 Å². The number of rotatable bonds is 15. The summed E-state index contributed by atoms with van der Waals surface area (Å²) in [5.41, 5.74) is -0.190. The van der Waals surface area contributed by atoms with Crippen molar-refractivity contribution < 1.29 is 24.2 Å². The molecule has 0 aromatic heterocycles. The maximum atomic E-state index is 14.2. The van der Waals surface area contributed by atoms with Crippen molar-refractivity contribution in [2.45, 2.75) is 124 Å². The number of nitrogens with zero attached hydrogens (tertiary/aromatic N) is 1. The Morgan fingerprint density at radius 3 is 2.24 bits per heavy atom. The summed E-state index contributed by atoms with van der Waals surface area (Å²) in [5.74, 6) is -0.516. The summed E-state index contributed by atoms with van der Waals surface area (Å²) >= 11 is 0. The van der Waals surface area contributed by atoms with Gasteiger partial charge in [-0.2, -0.15) is 0 Å². The molecule has 1 aromatic rings. The van der Waals surface area contributed by atoms with Crippen molar-refractivity contribution in [1.82, 2.24) is 15.5 Å². The van der Waals surface area contributed by atoms with E-state index in [9.17, 15) is 19.5 Å². The molecule has 0 spiro atoms. The molecular formula is C30H51N3O5. The lowest BCUT2D eigenvalue weighted by molar-refractivity contribution is -0.143. The molecule has 0 radical (unpaired) electrons. The lowest BCUT2D eigenvalue weighted by Gasteiger charge is -2.35. The van der Waals surface area contributed by atoms with Crippen molar-refractivity contribution in [1.29, 1.82) is 0 Å². The van der Waals surface area contributed by atoms with Crippen LogP contribution in [0, 0.1) is 5.92 Å². The molecule has 216 valence electrons. The fraction of sp³-hybridized carbons (Fsp3) is 0.700. The van der Waals surface area contributed by atoms with E-state index in [1.54, 1.807) is 37.8 Å². The summed E-state index contributed by atoms with van der Waals surface area (Å²) in [6.45, 7) is 15.7. The molecule has 3 amide bonds. The Labute approximate surface area is 229 Å². The standard InChI is InChI=1S/C30H51N3O5/c1-9-11-12-13-18-33(28(36)25(19-21(3)4)32-29(37)38-30(6,7)8)26(23-16-14-17-24(34)20-23)27(35)31-22(5)15-10-2/h14,16-17,20-22,25-26,34H,9-13,15,18-19H2,1-8H3,(H,31,35)(H,32,37). The molecule has 3 N–H and O–H groups in total. The maximum Gasteiger partial charge on any atom is 0.408 e. The van der Waals surface area contributed by atoms with Gasteiger partial charge in [-0.1, -0.05) is 65.5 Å². The van der Waals surface area contributed by atoms with E-state index in [-0.39, 0.29) is 29.5 Å². The van der Waals surface area contributed by atoms with E-state index < -0.39 is 23.8 Å². The van der Waals surface area contributed by atoms with Crippen LogP contribution in [-0.2, 0) is 14.3 Å². The van der Waals surface area contributed by atoms with Crippen molar-refractivity contribution in [3.8, 4) is 5.75 Å². The molecule has 0 aliphatic heterocycles. The highest BCUT2D eigenvalue weighted by atomic mass is 16.6. The van der Waals surface area contributed by atoms with Crippen LogP contribution in [0.2, 0.25) is 0 Å². The Morgan fingerprint density at radius 2 is 1.68 bits per heavy atom. The second-order valence-corrected chi connectivity index (χ2v) is 11.6. The average molecular weight is 534 g/mol. The maximum absolute atomic E-state index is 14.2. The molecule has 1 rings (SSSR count). The van der Waals surface area contributed by atoms with Crippen LogP contribution < -0.4 is 10.6 Å². The molecule has 8 nitrogen and oxygen atoms in total. The van der Waals surface area contributed by atoms with Crippen LogP contribution in [0.4, 0.5) is 4.79 Å².